The Morgan fingerprint density at radius 3 is 2.44 bits per heavy atom. The minimum Gasteiger partial charge on any atom is -0.476 e. The maximum Gasteiger partial charge on any atom is 0.410 e. The number of carbonyl (C=O) groups is 2. The number of amides is 2. The average molecular weight is 613 g/mol. The lowest BCUT2D eigenvalue weighted by molar-refractivity contribution is -0.120. The van der Waals surface area contributed by atoms with Gasteiger partial charge in [0.1, 0.15) is 5.60 Å². The van der Waals surface area contributed by atoms with Crippen LogP contribution in [0.5, 0.6) is 5.88 Å². The van der Waals surface area contributed by atoms with Crippen LogP contribution in [0, 0.1) is 5.92 Å². The summed E-state index contributed by atoms with van der Waals surface area (Å²) in [5, 5.41) is -0.515. The molecule has 2 aromatic rings. The molecule has 1 unspecified atom stereocenters. The number of hydrogen-bond acceptors (Lipinski definition) is 9. The Morgan fingerprint density at radius 2 is 1.77 bits per heavy atom. The van der Waals surface area contributed by atoms with Gasteiger partial charge in [0.25, 0.3) is 0 Å². The van der Waals surface area contributed by atoms with Crippen molar-refractivity contribution in [1.29, 1.82) is 0 Å². The van der Waals surface area contributed by atoms with Gasteiger partial charge < -0.3 is 14.4 Å². The molecule has 0 bridgehead atoms. The minimum absolute atomic E-state index is 0.205. The summed E-state index contributed by atoms with van der Waals surface area (Å²) < 4.78 is 39.5. The highest BCUT2D eigenvalue weighted by Crippen LogP contribution is 2.39. The number of aromatic nitrogens is 2. The highest BCUT2D eigenvalue weighted by atomic mass is 32.2. The van der Waals surface area contributed by atoms with Crippen LogP contribution in [0.4, 0.5) is 10.6 Å². The van der Waals surface area contributed by atoms with E-state index >= 15 is 0 Å². The fraction of sp³-hybridized carbons (Fsp3) is 0.600. The van der Waals surface area contributed by atoms with Gasteiger partial charge in [-0.25, -0.2) is 23.2 Å². The molecule has 1 saturated carbocycles. The lowest BCUT2D eigenvalue weighted by Gasteiger charge is -2.34. The normalized spacial score (nSPS) is 23.4. The molecule has 43 heavy (non-hydrogen) atoms. The van der Waals surface area contributed by atoms with Gasteiger partial charge in [0.05, 0.1) is 30.8 Å². The van der Waals surface area contributed by atoms with E-state index in [0.29, 0.717) is 63.4 Å². The molecule has 1 aliphatic carbocycles. The monoisotopic (exact) mass is 612 g/mol. The van der Waals surface area contributed by atoms with Crippen LogP contribution in [0.1, 0.15) is 44.6 Å². The molecule has 4 aliphatic rings. The predicted molar refractivity (Wildman–Crippen MR) is 159 cm³/mol. The molecule has 0 radical (unpaired) electrons. The molecule has 6 rings (SSSR count). The fourth-order valence-corrected chi connectivity index (χ4v) is 7.76. The van der Waals surface area contributed by atoms with Gasteiger partial charge in [-0.3, -0.25) is 14.6 Å². The van der Waals surface area contributed by atoms with Crippen LogP contribution in [0.3, 0.4) is 0 Å². The topological polar surface area (TPSA) is 125 Å². The zero-order chi connectivity index (χ0) is 30.0. The van der Waals surface area contributed by atoms with Crippen LogP contribution in [0.15, 0.2) is 42.7 Å². The van der Waals surface area contributed by atoms with Crippen LogP contribution in [0.25, 0.3) is 0 Å². The van der Waals surface area contributed by atoms with Crippen molar-refractivity contribution in [3.63, 3.8) is 0 Å². The van der Waals surface area contributed by atoms with E-state index in [1.54, 1.807) is 4.90 Å². The summed E-state index contributed by atoms with van der Waals surface area (Å²) in [6, 6.07) is 10.0. The Morgan fingerprint density at radius 1 is 1.00 bits per heavy atom. The van der Waals surface area contributed by atoms with Gasteiger partial charge in [0.2, 0.25) is 21.8 Å². The second kappa shape index (κ2) is 12.4. The van der Waals surface area contributed by atoms with Crippen LogP contribution in [0.2, 0.25) is 0 Å². The number of anilines is 1. The lowest BCUT2D eigenvalue weighted by atomic mass is 9.98. The van der Waals surface area contributed by atoms with Crippen molar-refractivity contribution >= 4 is 27.8 Å². The standard InChI is InChI=1S/C30H40N6O6S/c1-30(10-11-30)42-29(38)34-13-7-24(8-14-34)22-41-27-18-31-26(17-32-27)36-16-15-35(21-28(36)37)43(39,40)25-9-12-33(20-25)19-23-5-3-2-4-6-23/h2-6,17-18,24-25H,7-16,19-22H2,1H3. The number of piperazine rings is 1. The van der Waals surface area contributed by atoms with Crippen molar-refractivity contribution in [1.82, 2.24) is 24.1 Å². The van der Waals surface area contributed by atoms with Gasteiger partial charge in [-0.1, -0.05) is 30.3 Å². The number of likely N-dealkylation sites (tertiary alicyclic amines) is 2. The molecular weight excluding hydrogens is 572 g/mol. The molecule has 13 heteroatoms. The van der Waals surface area contributed by atoms with E-state index in [9.17, 15) is 18.0 Å². The Kier molecular flexibility index (Phi) is 8.56. The number of sulfonamides is 1. The number of hydrogen-bond donors (Lipinski definition) is 0. The van der Waals surface area contributed by atoms with Crippen molar-refractivity contribution < 1.29 is 27.5 Å². The fourth-order valence-electron chi connectivity index (χ4n) is 5.91. The molecule has 4 fully saturated rings. The van der Waals surface area contributed by atoms with E-state index in [-0.39, 0.29) is 37.2 Å². The third-order valence-corrected chi connectivity index (χ3v) is 11.2. The average Bonchev–Trinajstić information content (AvgIpc) is 3.54. The number of piperidine rings is 1. The second-order valence-corrected chi connectivity index (χ2v) is 14.5. The number of benzene rings is 1. The second-order valence-electron chi connectivity index (χ2n) is 12.3. The Labute approximate surface area is 253 Å². The number of rotatable bonds is 9. The van der Waals surface area contributed by atoms with Crippen molar-refractivity contribution in [2.75, 3.05) is 57.3 Å². The smallest absolute Gasteiger partial charge is 0.410 e. The summed E-state index contributed by atoms with van der Waals surface area (Å²) in [5.41, 5.74) is 0.892. The highest BCUT2D eigenvalue weighted by molar-refractivity contribution is 7.89. The largest absolute Gasteiger partial charge is 0.476 e. The van der Waals surface area contributed by atoms with E-state index < -0.39 is 15.3 Å². The van der Waals surface area contributed by atoms with E-state index in [2.05, 4.69) is 14.9 Å². The maximum atomic E-state index is 13.4. The zero-order valence-electron chi connectivity index (χ0n) is 24.6. The van der Waals surface area contributed by atoms with Crippen molar-refractivity contribution in [2.24, 2.45) is 5.92 Å². The van der Waals surface area contributed by atoms with E-state index in [4.69, 9.17) is 9.47 Å². The Bertz CT molecular complexity index is 1400. The van der Waals surface area contributed by atoms with Crippen LogP contribution < -0.4 is 9.64 Å². The summed E-state index contributed by atoms with van der Waals surface area (Å²) in [6.45, 7) is 5.84. The van der Waals surface area contributed by atoms with Crippen molar-refractivity contribution in [2.45, 2.75) is 56.4 Å². The summed E-state index contributed by atoms with van der Waals surface area (Å²) in [7, 11) is -3.60. The van der Waals surface area contributed by atoms with Gasteiger partial charge in [-0.15, -0.1) is 0 Å². The van der Waals surface area contributed by atoms with Gasteiger partial charge in [0, 0.05) is 39.3 Å². The summed E-state index contributed by atoms with van der Waals surface area (Å²) >= 11 is 0. The molecular formula is C30H40N6O6S. The highest BCUT2D eigenvalue weighted by Gasteiger charge is 2.43. The first-order valence-corrected chi connectivity index (χ1v) is 16.7. The SMILES string of the molecule is CC1(OC(=O)N2CCC(COc3cnc(N4CCN(S(=O)(=O)C5CCN(Cc6ccccc6)C5)CC4=O)cn3)CC2)CC1. The lowest BCUT2D eigenvalue weighted by Crippen LogP contribution is -2.54. The van der Waals surface area contributed by atoms with Crippen LogP contribution in [-0.4, -0.2) is 108 Å². The van der Waals surface area contributed by atoms with E-state index in [1.165, 1.54) is 21.6 Å². The predicted octanol–water partition coefficient (Wildman–Crippen LogP) is 2.51. The first-order chi connectivity index (χ1) is 20.7. The number of carbonyl (C=O) groups excluding carboxylic acids is 2. The molecule has 12 nitrogen and oxygen atoms in total. The quantitative estimate of drug-likeness (QED) is 0.420. The molecule has 1 aromatic carbocycles. The first-order valence-electron chi connectivity index (χ1n) is 15.2. The Hall–Kier alpha value is -3.29. The molecule has 4 heterocycles. The molecule has 3 aliphatic heterocycles. The van der Waals surface area contributed by atoms with Crippen LogP contribution >= 0.6 is 0 Å². The molecule has 1 atom stereocenters. The van der Waals surface area contributed by atoms with E-state index in [0.717, 1.165) is 31.2 Å². The van der Waals surface area contributed by atoms with Crippen molar-refractivity contribution in [3.8, 4) is 5.88 Å². The first kappa shape index (κ1) is 29.8. The van der Waals surface area contributed by atoms with Gasteiger partial charge >= 0.3 is 6.09 Å². The van der Waals surface area contributed by atoms with Crippen molar-refractivity contribution in [3.05, 3.63) is 48.3 Å². The molecule has 1 aromatic heterocycles. The molecule has 3 saturated heterocycles. The molecule has 0 N–H and O–H groups in total. The third-order valence-electron chi connectivity index (χ3n) is 8.96. The van der Waals surface area contributed by atoms with Crippen LogP contribution in [-0.2, 0) is 26.1 Å². The van der Waals surface area contributed by atoms with E-state index in [1.807, 2.05) is 37.3 Å². The molecule has 2 amide bonds. The van der Waals surface area contributed by atoms with Gasteiger partial charge in [-0.05, 0) is 57.1 Å². The zero-order valence-corrected chi connectivity index (χ0v) is 25.5. The molecule has 232 valence electrons. The van der Waals surface area contributed by atoms with Gasteiger partial charge in [0.15, 0.2) is 5.82 Å². The third kappa shape index (κ3) is 7.10. The Balaban J connectivity index is 0.947. The maximum absolute atomic E-state index is 13.4. The number of nitrogens with zero attached hydrogens (tertiary/aromatic N) is 6. The molecule has 0 spiro atoms. The summed E-state index contributed by atoms with van der Waals surface area (Å²) in [4.78, 5) is 39.5. The summed E-state index contributed by atoms with van der Waals surface area (Å²) in [5.74, 6) is 0.713. The minimum atomic E-state index is -3.60. The van der Waals surface area contributed by atoms with Gasteiger partial charge in [-0.2, -0.15) is 4.31 Å². The summed E-state index contributed by atoms with van der Waals surface area (Å²) in [6.07, 6.45) is 6.84. The number of ether oxygens (including phenoxy) is 2.